The second kappa shape index (κ2) is 8.06. The van der Waals surface area contributed by atoms with E-state index in [4.69, 9.17) is 21.1 Å². The quantitative estimate of drug-likeness (QED) is 0.809. The fourth-order valence-corrected chi connectivity index (χ4v) is 2.63. The van der Waals surface area contributed by atoms with Crippen LogP contribution < -0.4 is 14.8 Å². The number of benzene rings is 2. The molecule has 0 fully saturated rings. The van der Waals surface area contributed by atoms with Crippen LogP contribution in [0.3, 0.4) is 0 Å². The summed E-state index contributed by atoms with van der Waals surface area (Å²) < 4.78 is 10.9. The molecule has 0 radical (unpaired) electrons. The van der Waals surface area contributed by atoms with Gasteiger partial charge in [0, 0.05) is 12.6 Å². The predicted octanol–water partition coefficient (Wildman–Crippen LogP) is 4.60. The first kappa shape index (κ1) is 16.7. The lowest BCUT2D eigenvalue weighted by Gasteiger charge is -2.16. The van der Waals surface area contributed by atoms with Gasteiger partial charge in [-0.25, -0.2) is 0 Å². The molecular formula is C18H22ClNO2. The molecular weight excluding hydrogens is 298 g/mol. The molecule has 0 spiro atoms. The molecule has 4 heteroatoms. The van der Waals surface area contributed by atoms with E-state index in [2.05, 4.69) is 24.4 Å². The van der Waals surface area contributed by atoms with Crippen molar-refractivity contribution >= 4 is 11.6 Å². The SMILES string of the molecule is CCOc1cc(CNC(C)c2ccccc2)cc(Cl)c1OC. The first-order valence-electron chi connectivity index (χ1n) is 7.43. The molecule has 1 atom stereocenters. The van der Waals surface area contributed by atoms with Crippen molar-refractivity contribution in [2.75, 3.05) is 13.7 Å². The average molecular weight is 320 g/mol. The Labute approximate surface area is 137 Å². The molecule has 2 aromatic rings. The van der Waals surface area contributed by atoms with E-state index in [1.807, 2.05) is 37.3 Å². The van der Waals surface area contributed by atoms with Crippen LogP contribution in [0.1, 0.15) is 31.0 Å². The Balaban J connectivity index is 2.09. The lowest BCUT2D eigenvalue weighted by molar-refractivity contribution is 0.310. The maximum Gasteiger partial charge on any atom is 0.179 e. The molecule has 0 aliphatic heterocycles. The molecule has 0 saturated heterocycles. The zero-order chi connectivity index (χ0) is 15.9. The first-order chi connectivity index (χ1) is 10.7. The van der Waals surface area contributed by atoms with Crippen molar-refractivity contribution in [2.45, 2.75) is 26.4 Å². The van der Waals surface area contributed by atoms with Gasteiger partial charge in [0.1, 0.15) is 0 Å². The summed E-state index contributed by atoms with van der Waals surface area (Å²) >= 11 is 6.27. The van der Waals surface area contributed by atoms with Crippen molar-refractivity contribution in [2.24, 2.45) is 0 Å². The van der Waals surface area contributed by atoms with Gasteiger partial charge in [-0.3, -0.25) is 0 Å². The molecule has 22 heavy (non-hydrogen) atoms. The summed E-state index contributed by atoms with van der Waals surface area (Å²) in [7, 11) is 1.60. The number of ether oxygens (including phenoxy) is 2. The first-order valence-corrected chi connectivity index (χ1v) is 7.81. The van der Waals surface area contributed by atoms with Crippen molar-refractivity contribution in [3.8, 4) is 11.5 Å². The van der Waals surface area contributed by atoms with Crippen LogP contribution in [-0.4, -0.2) is 13.7 Å². The Hall–Kier alpha value is -1.71. The molecule has 0 amide bonds. The number of methoxy groups -OCH3 is 1. The Morgan fingerprint density at radius 1 is 1.18 bits per heavy atom. The van der Waals surface area contributed by atoms with E-state index in [0.29, 0.717) is 29.7 Å². The number of hydrogen-bond donors (Lipinski definition) is 1. The van der Waals surface area contributed by atoms with Gasteiger partial charge in [0.15, 0.2) is 11.5 Å². The molecule has 0 aromatic heterocycles. The van der Waals surface area contributed by atoms with Crippen molar-refractivity contribution in [3.05, 3.63) is 58.6 Å². The maximum atomic E-state index is 6.27. The van der Waals surface area contributed by atoms with Gasteiger partial charge in [-0.15, -0.1) is 0 Å². The van der Waals surface area contributed by atoms with Crippen molar-refractivity contribution in [1.82, 2.24) is 5.32 Å². The molecule has 0 aliphatic carbocycles. The third-order valence-corrected chi connectivity index (χ3v) is 3.77. The van der Waals surface area contributed by atoms with Gasteiger partial charge < -0.3 is 14.8 Å². The van der Waals surface area contributed by atoms with Gasteiger partial charge >= 0.3 is 0 Å². The molecule has 1 N–H and O–H groups in total. The number of halogens is 1. The normalized spacial score (nSPS) is 12.0. The van der Waals surface area contributed by atoms with Crippen LogP contribution in [0, 0.1) is 0 Å². The van der Waals surface area contributed by atoms with E-state index >= 15 is 0 Å². The highest BCUT2D eigenvalue weighted by Crippen LogP contribution is 2.36. The zero-order valence-corrected chi connectivity index (χ0v) is 14.0. The van der Waals surface area contributed by atoms with Gasteiger partial charge in [-0.2, -0.15) is 0 Å². The molecule has 0 heterocycles. The molecule has 0 bridgehead atoms. The van der Waals surface area contributed by atoms with E-state index in [0.717, 1.165) is 5.56 Å². The topological polar surface area (TPSA) is 30.5 Å². The van der Waals surface area contributed by atoms with Crippen molar-refractivity contribution in [3.63, 3.8) is 0 Å². The van der Waals surface area contributed by atoms with Gasteiger partial charge in [-0.05, 0) is 37.1 Å². The predicted molar refractivity (Wildman–Crippen MR) is 90.9 cm³/mol. The molecule has 1 unspecified atom stereocenters. The second-order valence-corrected chi connectivity index (χ2v) is 5.46. The van der Waals surface area contributed by atoms with E-state index in [1.54, 1.807) is 7.11 Å². The number of rotatable bonds is 7. The third kappa shape index (κ3) is 4.15. The lowest BCUT2D eigenvalue weighted by atomic mass is 10.1. The second-order valence-electron chi connectivity index (χ2n) is 5.06. The van der Waals surface area contributed by atoms with Crippen LogP contribution in [-0.2, 0) is 6.54 Å². The van der Waals surface area contributed by atoms with Gasteiger partial charge in [0.2, 0.25) is 0 Å². The van der Waals surface area contributed by atoms with Crippen LogP contribution in [0.4, 0.5) is 0 Å². The molecule has 118 valence electrons. The summed E-state index contributed by atoms with van der Waals surface area (Å²) in [6.45, 7) is 5.36. The zero-order valence-electron chi connectivity index (χ0n) is 13.2. The summed E-state index contributed by atoms with van der Waals surface area (Å²) in [6.07, 6.45) is 0. The average Bonchev–Trinajstić information content (AvgIpc) is 2.53. The summed E-state index contributed by atoms with van der Waals surface area (Å²) in [5, 5.41) is 4.06. The summed E-state index contributed by atoms with van der Waals surface area (Å²) in [5.74, 6) is 1.27. The van der Waals surface area contributed by atoms with Crippen LogP contribution in [0.15, 0.2) is 42.5 Å². The minimum Gasteiger partial charge on any atom is -0.491 e. The van der Waals surface area contributed by atoms with E-state index in [-0.39, 0.29) is 6.04 Å². The minimum absolute atomic E-state index is 0.262. The van der Waals surface area contributed by atoms with Crippen molar-refractivity contribution in [1.29, 1.82) is 0 Å². The van der Waals surface area contributed by atoms with Gasteiger partial charge in [0.25, 0.3) is 0 Å². The monoisotopic (exact) mass is 319 g/mol. The Bertz CT molecular complexity index is 602. The van der Waals surface area contributed by atoms with Crippen molar-refractivity contribution < 1.29 is 9.47 Å². The smallest absolute Gasteiger partial charge is 0.179 e. The standard InChI is InChI=1S/C18H22ClNO2/c1-4-22-17-11-14(10-16(19)18(17)21-3)12-20-13(2)15-8-6-5-7-9-15/h5-11,13,20H,4,12H2,1-3H3. The fourth-order valence-electron chi connectivity index (χ4n) is 2.31. The fraction of sp³-hybridized carbons (Fsp3) is 0.333. The highest BCUT2D eigenvalue weighted by Gasteiger charge is 2.12. The highest BCUT2D eigenvalue weighted by atomic mass is 35.5. The van der Waals surface area contributed by atoms with Crippen LogP contribution in [0.5, 0.6) is 11.5 Å². The molecule has 3 nitrogen and oxygen atoms in total. The lowest BCUT2D eigenvalue weighted by Crippen LogP contribution is -2.18. The van der Waals surface area contributed by atoms with Crippen LogP contribution in [0.2, 0.25) is 5.02 Å². The molecule has 2 aromatic carbocycles. The number of nitrogens with one attached hydrogen (secondary N) is 1. The van der Waals surface area contributed by atoms with Gasteiger partial charge in [0.05, 0.1) is 18.7 Å². The Morgan fingerprint density at radius 2 is 1.91 bits per heavy atom. The largest absolute Gasteiger partial charge is 0.491 e. The Morgan fingerprint density at radius 3 is 2.55 bits per heavy atom. The number of hydrogen-bond acceptors (Lipinski definition) is 3. The van der Waals surface area contributed by atoms with Gasteiger partial charge in [-0.1, -0.05) is 41.9 Å². The van der Waals surface area contributed by atoms with E-state index < -0.39 is 0 Å². The summed E-state index contributed by atoms with van der Waals surface area (Å²) in [6, 6.07) is 14.5. The Kier molecular flexibility index (Phi) is 6.10. The van der Waals surface area contributed by atoms with Crippen LogP contribution >= 0.6 is 11.6 Å². The van der Waals surface area contributed by atoms with E-state index in [9.17, 15) is 0 Å². The molecule has 0 aliphatic rings. The summed E-state index contributed by atoms with van der Waals surface area (Å²) in [4.78, 5) is 0. The molecule has 2 rings (SSSR count). The van der Waals surface area contributed by atoms with E-state index in [1.165, 1.54) is 5.56 Å². The third-order valence-electron chi connectivity index (χ3n) is 3.49. The molecule has 0 saturated carbocycles. The maximum absolute atomic E-state index is 6.27. The van der Waals surface area contributed by atoms with Crippen LogP contribution in [0.25, 0.3) is 0 Å². The summed E-state index contributed by atoms with van der Waals surface area (Å²) in [5.41, 5.74) is 2.32. The minimum atomic E-state index is 0.262. The highest BCUT2D eigenvalue weighted by molar-refractivity contribution is 6.32.